The summed E-state index contributed by atoms with van der Waals surface area (Å²) in [7, 11) is 0. The fraction of sp³-hybridized carbons (Fsp3) is 0.919. The first-order valence-corrected chi connectivity index (χ1v) is 19.2. The second-order valence-corrected chi connectivity index (χ2v) is 13.1. The molecule has 0 aliphatic rings. The zero-order valence-electron chi connectivity index (χ0n) is 29.7. The first-order chi connectivity index (χ1) is 21.9. The van der Waals surface area contributed by atoms with Gasteiger partial charge < -0.3 is 14.2 Å². The first-order valence-electron chi connectivity index (χ1n) is 18.7. The van der Waals surface area contributed by atoms with E-state index in [0.29, 0.717) is 50.8 Å². The Bertz CT molecular complexity index is 694. The number of ether oxygens (including phenoxy) is 3. The third-order valence-corrected chi connectivity index (χ3v) is 8.50. The van der Waals surface area contributed by atoms with E-state index in [2.05, 4.69) is 32.6 Å². The van der Waals surface area contributed by atoms with Crippen LogP contribution in [0.25, 0.3) is 0 Å². The van der Waals surface area contributed by atoms with Crippen LogP contribution in [0.2, 0.25) is 0 Å². The van der Waals surface area contributed by atoms with E-state index in [1.807, 2.05) is 0 Å². The molecule has 0 heterocycles. The van der Waals surface area contributed by atoms with Crippen LogP contribution in [-0.2, 0) is 28.6 Å². The Hall–Kier alpha value is -1.34. The summed E-state index contributed by atoms with van der Waals surface area (Å²) in [4.78, 5) is 39.4. The molecule has 0 amide bonds. The van der Waals surface area contributed by atoms with Crippen LogP contribution in [0.15, 0.2) is 0 Å². The van der Waals surface area contributed by atoms with E-state index < -0.39 is 6.10 Å². The maximum atomic E-state index is 12.5. The van der Waals surface area contributed by atoms with Gasteiger partial charge in [-0.25, -0.2) is 0 Å². The van der Waals surface area contributed by atoms with Gasteiger partial charge in [-0.1, -0.05) is 111 Å². The lowest BCUT2D eigenvalue weighted by Crippen LogP contribution is -2.39. The Balaban J connectivity index is 4.68. The van der Waals surface area contributed by atoms with Crippen molar-refractivity contribution in [3.8, 4) is 0 Å². The lowest BCUT2D eigenvalue weighted by Gasteiger charge is -2.27. The minimum Gasteiger partial charge on any atom is -0.465 e. The molecule has 0 rings (SSSR count). The van der Waals surface area contributed by atoms with Crippen LogP contribution in [0.1, 0.15) is 169 Å². The fourth-order valence-corrected chi connectivity index (χ4v) is 5.70. The van der Waals surface area contributed by atoms with Crippen LogP contribution in [-0.4, -0.2) is 67.6 Å². The van der Waals surface area contributed by atoms with Crippen LogP contribution in [0.5, 0.6) is 0 Å². The van der Waals surface area contributed by atoms with E-state index in [1.165, 1.54) is 51.4 Å². The van der Waals surface area contributed by atoms with Gasteiger partial charge in [0.05, 0.1) is 6.61 Å². The third kappa shape index (κ3) is 28.6. The Morgan fingerprint density at radius 1 is 0.556 bits per heavy atom. The Morgan fingerprint density at radius 2 is 1.02 bits per heavy atom. The predicted octanol–water partition coefficient (Wildman–Crippen LogP) is 9.80. The monoisotopic (exact) mass is 659 g/mol. The molecule has 0 bridgehead atoms. The normalized spacial score (nSPS) is 12.1. The second kappa shape index (κ2) is 32.6. The maximum Gasteiger partial charge on any atom is 0.306 e. The van der Waals surface area contributed by atoms with Gasteiger partial charge in [0, 0.05) is 38.2 Å². The number of esters is 3. The highest BCUT2D eigenvalue weighted by Gasteiger charge is 2.21. The maximum absolute atomic E-state index is 12.5. The van der Waals surface area contributed by atoms with E-state index >= 15 is 0 Å². The van der Waals surface area contributed by atoms with Crippen molar-refractivity contribution in [3.63, 3.8) is 0 Å². The lowest BCUT2D eigenvalue weighted by atomic mass is 9.95. The third-order valence-electron chi connectivity index (χ3n) is 8.33. The van der Waals surface area contributed by atoms with E-state index in [1.54, 1.807) is 0 Å². The molecule has 0 aliphatic carbocycles. The van der Waals surface area contributed by atoms with E-state index in [-0.39, 0.29) is 24.5 Å². The van der Waals surface area contributed by atoms with Crippen molar-refractivity contribution in [2.45, 2.75) is 175 Å². The van der Waals surface area contributed by atoms with E-state index in [0.717, 1.165) is 77.2 Å². The van der Waals surface area contributed by atoms with Crippen molar-refractivity contribution in [3.05, 3.63) is 0 Å². The van der Waals surface area contributed by atoms with E-state index in [4.69, 9.17) is 25.8 Å². The number of carbonyl (C=O) groups excluding carboxylic acids is 3. The molecule has 0 saturated heterocycles. The molecule has 0 aliphatic heterocycles. The molecule has 45 heavy (non-hydrogen) atoms. The van der Waals surface area contributed by atoms with Crippen molar-refractivity contribution < 1.29 is 28.6 Å². The minimum atomic E-state index is -0.524. The molecular formula is C37H70ClNO6. The molecule has 0 spiro atoms. The van der Waals surface area contributed by atoms with Crippen molar-refractivity contribution >= 4 is 29.5 Å². The zero-order valence-corrected chi connectivity index (χ0v) is 30.5. The number of rotatable bonds is 33. The molecule has 0 fully saturated rings. The van der Waals surface area contributed by atoms with Crippen LogP contribution in [0.3, 0.4) is 0 Å². The predicted molar refractivity (Wildman–Crippen MR) is 187 cm³/mol. The molecule has 0 N–H and O–H groups in total. The number of halogens is 1. The molecule has 0 aromatic rings. The summed E-state index contributed by atoms with van der Waals surface area (Å²) in [6, 6.07) is 0. The first kappa shape index (κ1) is 43.7. The summed E-state index contributed by atoms with van der Waals surface area (Å²) in [6.07, 6.45) is 21.3. The highest BCUT2D eigenvalue weighted by atomic mass is 35.5. The van der Waals surface area contributed by atoms with Crippen LogP contribution < -0.4 is 0 Å². The largest absolute Gasteiger partial charge is 0.465 e. The highest BCUT2D eigenvalue weighted by Crippen LogP contribution is 2.19. The number of hydrogen-bond acceptors (Lipinski definition) is 7. The van der Waals surface area contributed by atoms with Crippen molar-refractivity contribution in [1.29, 1.82) is 0 Å². The van der Waals surface area contributed by atoms with Crippen LogP contribution >= 0.6 is 11.6 Å². The van der Waals surface area contributed by atoms with Crippen LogP contribution in [0, 0.1) is 5.92 Å². The molecule has 7 nitrogen and oxygen atoms in total. The fourth-order valence-electron chi connectivity index (χ4n) is 5.46. The van der Waals surface area contributed by atoms with Gasteiger partial charge in [-0.2, -0.15) is 0 Å². The van der Waals surface area contributed by atoms with Crippen LogP contribution in [0.4, 0.5) is 0 Å². The lowest BCUT2D eigenvalue weighted by molar-refractivity contribution is -0.160. The molecule has 0 saturated carbocycles. The van der Waals surface area contributed by atoms with Crippen molar-refractivity contribution in [2.24, 2.45) is 5.92 Å². The van der Waals surface area contributed by atoms with E-state index in [9.17, 15) is 14.4 Å². The Kier molecular flexibility index (Phi) is 31.6. The summed E-state index contributed by atoms with van der Waals surface area (Å²) < 4.78 is 17.0. The average molecular weight is 660 g/mol. The molecule has 1 atom stereocenters. The minimum absolute atomic E-state index is 0.0628. The summed E-state index contributed by atoms with van der Waals surface area (Å²) in [5, 5.41) is 0. The number of nitrogens with zero attached hydrogens (tertiary/aromatic N) is 1. The molecule has 0 aromatic heterocycles. The SMILES string of the molecule is CCCCCCC(CCCCCC)COC(=O)CCCCCN(CCCl)CC(COC(=O)CCCCC)OC(=O)CCCCC. The quantitative estimate of drug-likeness (QED) is 0.0300. The highest BCUT2D eigenvalue weighted by molar-refractivity contribution is 6.18. The molecule has 0 radical (unpaired) electrons. The van der Waals surface area contributed by atoms with Crippen molar-refractivity contribution in [2.75, 3.05) is 38.7 Å². The number of hydrogen-bond donors (Lipinski definition) is 0. The molecular weight excluding hydrogens is 590 g/mol. The zero-order chi connectivity index (χ0) is 33.4. The van der Waals surface area contributed by atoms with Gasteiger partial charge in [0.1, 0.15) is 12.7 Å². The van der Waals surface area contributed by atoms with Gasteiger partial charge in [0.25, 0.3) is 0 Å². The Morgan fingerprint density at radius 3 is 1.56 bits per heavy atom. The molecule has 8 heteroatoms. The topological polar surface area (TPSA) is 82.1 Å². The van der Waals surface area contributed by atoms with Gasteiger partial charge in [-0.3, -0.25) is 19.3 Å². The molecule has 266 valence electrons. The second-order valence-electron chi connectivity index (χ2n) is 12.8. The Labute approximate surface area is 282 Å². The van der Waals surface area contributed by atoms with Gasteiger partial charge in [0.15, 0.2) is 0 Å². The van der Waals surface area contributed by atoms with Gasteiger partial charge in [-0.15, -0.1) is 11.6 Å². The van der Waals surface area contributed by atoms with Crippen molar-refractivity contribution in [1.82, 2.24) is 4.90 Å². The number of unbranched alkanes of at least 4 members (excludes halogenated alkanes) is 12. The smallest absolute Gasteiger partial charge is 0.306 e. The molecule has 1 unspecified atom stereocenters. The summed E-state index contributed by atoms with van der Waals surface area (Å²) in [5.74, 6) is 0.361. The number of alkyl halides is 1. The van der Waals surface area contributed by atoms with Gasteiger partial charge in [-0.05, 0) is 51.0 Å². The molecule has 0 aromatic carbocycles. The number of carbonyl (C=O) groups is 3. The summed E-state index contributed by atoms with van der Waals surface area (Å²) >= 11 is 6.11. The average Bonchev–Trinajstić information content (AvgIpc) is 3.02. The van der Waals surface area contributed by atoms with Gasteiger partial charge in [0.2, 0.25) is 0 Å². The summed E-state index contributed by atoms with van der Waals surface area (Å²) in [5.41, 5.74) is 0. The van der Waals surface area contributed by atoms with Gasteiger partial charge >= 0.3 is 17.9 Å². The standard InChI is InChI=1S/C37H70ClNO6/c1-5-9-13-18-22-33(23-19-14-10-6-2)31-43-35(40)25-20-15-21-28-39(29-27-38)30-34(45-37(42)26-17-12-8-4)32-44-36(41)24-16-11-7-3/h33-34H,5-32H2,1-4H3. The summed E-state index contributed by atoms with van der Waals surface area (Å²) in [6.45, 7) is 11.2.